The van der Waals surface area contributed by atoms with Crippen LogP contribution in [-0.4, -0.2) is 53.4 Å². The first-order valence-electron chi connectivity index (χ1n) is 12.7. The first-order valence-corrected chi connectivity index (χ1v) is 12.7. The quantitative estimate of drug-likeness (QED) is 0.490. The van der Waals surface area contributed by atoms with Gasteiger partial charge in [0.1, 0.15) is 17.3 Å². The number of fused-ring (bicyclic) bond motifs is 1. The number of alkyl carbamates (subject to hydrolysis) is 1. The van der Waals surface area contributed by atoms with E-state index in [0.29, 0.717) is 16.9 Å². The van der Waals surface area contributed by atoms with E-state index in [4.69, 9.17) is 4.74 Å². The molecule has 1 unspecified atom stereocenters. The van der Waals surface area contributed by atoms with E-state index in [-0.39, 0.29) is 24.6 Å². The van der Waals surface area contributed by atoms with Gasteiger partial charge in [0, 0.05) is 11.8 Å². The number of pyridine rings is 1. The lowest BCUT2D eigenvalue weighted by Crippen LogP contribution is -2.54. The molecule has 2 aromatic carbocycles. The Morgan fingerprint density at radius 2 is 1.72 bits per heavy atom. The maximum atomic E-state index is 14.0. The van der Waals surface area contributed by atoms with Crippen LogP contribution in [0.15, 0.2) is 66.9 Å². The number of anilines is 2. The van der Waals surface area contributed by atoms with Gasteiger partial charge in [0.05, 0.1) is 24.5 Å². The van der Waals surface area contributed by atoms with E-state index in [1.165, 1.54) is 16.0 Å². The highest BCUT2D eigenvalue weighted by Gasteiger charge is 2.39. The lowest BCUT2D eigenvalue weighted by atomic mass is 10.0. The van der Waals surface area contributed by atoms with E-state index in [0.717, 1.165) is 11.1 Å². The fraction of sp³-hybridized carbons (Fsp3) is 0.300. The Morgan fingerprint density at radius 3 is 2.38 bits per heavy atom. The van der Waals surface area contributed by atoms with Gasteiger partial charge in [-0.1, -0.05) is 36.4 Å². The lowest BCUT2D eigenvalue weighted by Gasteiger charge is -2.26. The molecule has 0 fully saturated rings. The van der Waals surface area contributed by atoms with E-state index < -0.39 is 29.6 Å². The minimum Gasteiger partial charge on any atom is -0.444 e. The Hall–Kier alpha value is -4.53. The summed E-state index contributed by atoms with van der Waals surface area (Å²) in [6.07, 6.45) is 0.703. The summed E-state index contributed by atoms with van der Waals surface area (Å²) < 4.78 is 5.40. The van der Waals surface area contributed by atoms with Gasteiger partial charge in [-0.2, -0.15) is 0 Å². The fourth-order valence-electron chi connectivity index (χ4n) is 4.40. The number of rotatable bonds is 5. The van der Waals surface area contributed by atoms with Crippen molar-refractivity contribution in [1.29, 1.82) is 0 Å². The average molecular weight is 529 g/mol. The van der Waals surface area contributed by atoms with Crippen LogP contribution in [-0.2, 0) is 9.53 Å². The smallest absolute Gasteiger partial charge is 0.408 e. The number of ether oxygens (including phenoxy) is 1. The van der Waals surface area contributed by atoms with Crippen LogP contribution in [0.1, 0.15) is 52.7 Å². The highest BCUT2D eigenvalue weighted by atomic mass is 16.6. The summed E-state index contributed by atoms with van der Waals surface area (Å²) >= 11 is 0. The predicted octanol–water partition coefficient (Wildman–Crippen LogP) is 4.47. The molecular formula is C30H32N4O5. The molecule has 0 saturated carbocycles. The van der Waals surface area contributed by atoms with E-state index in [1.54, 1.807) is 63.2 Å². The fourth-order valence-corrected chi connectivity index (χ4v) is 4.40. The largest absolute Gasteiger partial charge is 0.444 e. The maximum Gasteiger partial charge on any atom is 0.408 e. The molecule has 3 amide bonds. The van der Waals surface area contributed by atoms with Crippen molar-refractivity contribution in [2.24, 2.45) is 0 Å². The molecule has 1 aliphatic heterocycles. The number of nitrogens with one attached hydrogen (secondary N) is 1. The van der Waals surface area contributed by atoms with Gasteiger partial charge >= 0.3 is 6.09 Å². The molecule has 9 nitrogen and oxygen atoms in total. The Bertz CT molecular complexity index is 1410. The summed E-state index contributed by atoms with van der Waals surface area (Å²) in [7, 11) is 0. The molecule has 0 spiro atoms. The number of carbonyl (C=O) groups excluding carboxylic acids is 4. The molecule has 4 rings (SSSR count). The van der Waals surface area contributed by atoms with Crippen LogP contribution in [0.4, 0.5) is 16.2 Å². The summed E-state index contributed by atoms with van der Waals surface area (Å²) in [4.78, 5) is 60.9. The molecule has 3 aromatic rings. The number of Topliss-reactive ketones (excluding diaryl/α,β-unsaturated/α-hetero) is 1. The van der Waals surface area contributed by atoms with E-state index >= 15 is 0 Å². The number of hydrogen-bond acceptors (Lipinski definition) is 6. The minimum absolute atomic E-state index is 0.178. The van der Waals surface area contributed by atoms with Gasteiger partial charge in [0.25, 0.3) is 11.8 Å². The highest BCUT2D eigenvalue weighted by Crippen LogP contribution is 2.35. The molecular weight excluding hydrogens is 496 g/mol. The molecule has 39 heavy (non-hydrogen) atoms. The first-order chi connectivity index (χ1) is 18.4. The van der Waals surface area contributed by atoms with Crippen molar-refractivity contribution in [2.75, 3.05) is 22.9 Å². The number of aryl methyl sites for hydroxylation is 2. The van der Waals surface area contributed by atoms with Crippen molar-refractivity contribution in [2.45, 2.75) is 46.3 Å². The normalized spacial score (nSPS) is 15.3. The van der Waals surface area contributed by atoms with E-state index in [9.17, 15) is 19.2 Å². The number of benzene rings is 2. The first kappa shape index (κ1) is 27.5. The molecule has 0 radical (unpaired) electrons. The van der Waals surface area contributed by atoms with Crippen LogP contribution < -0.4 is 15.1 Å². The third-order valence-electron chi connectivity index (χ3n) is 6.21. The third kappa shape index (κ3) is 6.31. The number of hydrogen-bond donors (Lipinski definition) is 1. The second-order valence-corrected chi connectivity index (χ2v) is 10.5. The molecule has 9 heteroatoms. The third-order valence-corrected chi connectivity index (χ3v) is 6.21. The van der Waals surface area contributed by atoms with Crippen LogP contribution in [0.25, 0.3) is 0 Å². The second kappa shape index (κ2) is 11.1. The van der Waals surface area contributed by atoms with Crippen LogP contribution in [0, 0.1) is 13.8 Å². The van der Waals surface area contributed by atoms with Gasteiger partial charge in [0.15, 0.2) is 5.78 Å². The van der Waals surface area contributed by atoms with Crippen molar-refractivity contribution in [3.8, 4) is 0 Å². The van der Waals surface area contributed by atoms with Gasteiger partial charge in [-0.3, -0.25) is 19.4 Å². The number of carbonyl (C=O) groups is 4. The van der Waals surface area contributed by atoms with Crippen LogP contribution in [0.2, 0.25) is 0 Å². The summed E-state index contributed by atoms with van der Waals surface area (Å²) in [5.74, 6) is -1.25. The van der Waals surface area contributed by atoms with Gasteiger partial charge in [0.2, 0.25) is 0 Å². The van der Waals surface area contributed by atoms with Crippen molar-refractivity contribution < 1.29 is 23.9 Å². The number of ketones is 1. The van der Waals surface area contributed by atoms with Gasteiger partial charge < -0.3 is 19.9 Å². The monoisotopic (exact) mass is 528 g/mol. The molecule has 1 aromatic heterocycles. The highest BCUT2D eigenvalue weighted by molar-refractivity contribution is 6.14. The molecule has 1 N–H and O–H groups in total. The predicted molar refractivity (Wildman–Crippen MR) is 148 cm³/mol. The van der Waals surface area contributed by atoms with Crippen LogP contribution in [0.5, 0.6) is 0 Å². The molecule has 1 atom stereocenters. The topological polar surface area (TPSA) is 109 Å². The second-order valence-electron chi connectivity index (χ2n) is 10.5. The number of aromatic nitrogens is 1. The lowest BCUT2D eigenvalue weighted by molar-refractivity contribution is -0.120. The van der Waals surface area contributed by atoms with Crippen molar-refractivity contribution in [3.05, 3.63) is 89.2 Å². The van der Waals surface area contributed by atoms with E-state index in [1.807, 2.05) is 32.0 Å². The summed E-state index contributed by atoms with van der Waals surface area (Å²) in [6, 6.07) is 16.3. The zero-order valence-corrected chi connectivity index (χ0v) is 22.7. The minimum atomic E-state index is -1.19. The average Bonchev–Trinajstić information content (AvgIpc) is 2.98. The molecule has 202 valence electrons. The van der Waals surface area contributed by atoms with Gasteiger partial charge in [-0.05, 0) is 70.0 Å². The maximum absolute atomic E-state index is 14.0. The van der Waals surface area contributed by atoms with Gasteiger partial charge in [-0.15, -0.1) is 0 Å². The number of nitrogens with zero attached hydrogens (tertiary/aromatic N) is 3. The summed E-state index contributed by atoms with van der Waals surface area (Å²) in [6.45, 7) is 8.36. The van der Waals surface area contributed by atoms with Crippen LogP contribution in [0.3, 0.4) is 0 Å². The Labute approximate surface area is 227 Å². The van der Waals surface area contributed by atoms with E-state index in [2.05, 4.69) is 10.3 Å². The molecule has 0 bridgehead atoms. The zero-order chi connectivity index (χ0) is 28.3. The zero-order valence-electron chi connectivity index (χ0n) is 22.7. The Balaban J connectivity index is 1.80. The Kier molecular flexibility index (Phi) is 7.80. The van der Waals surface area contributed by atoms with Crippen LogP contribution >= 0.6 is 0 Å². The van der Waals surface area contributed by atoms with Crippen molar-refractivity contribution >= 4 is 35.1 Å². The number of amides is 3. The Morgan fingerprint density at radius 1 is 1.00 bits per heavy atom. The van der Waals surface area contributed by atoms with Crippen molar-refractivity contribution in [1.82, 2.24) is 10.3 Å². The molecule has 2 heterocycles. The summed E-state index contributed by atoms with van der Waals surface area (Å²) in [5, 5.41) is 2.63. The SMILES string of the molecule is Cc1ccc2c(c1)N(CC(=O)c1ccccc1C)C(=O)C(NC(=O)OC(C)(C)C)CN2C(=O)c1ccccn1. The summed E-state index contributed by atoms with van der Waals surface area (Å²) in [5.41, 5.74) is 2.29. The van der Waals surface area contributed by atoms with Gasteiger partial charge in [-0.25, -0.2) is 4.79 Å². The molecule has 1 aliphatic rings. The standard InChI is InChI=1S/C30H32N4O5/c1-19-13-14-24-25(16-19)34(18-26(35)21-11-7-6-10-20(21)2)28(37)23(32-29(38)39-30(3,4)5)17-33(24)27(36)22-12-8-9-15-31-22/h6-16,23H,17-18H2,1-5H3,(H,32,38). The van der Waals surface area contributed by atoms with Crippen molar-refractivity contribution in [3.63, 3.8) is 0 Å². The molecule has 0 aliphatic carbocycles. The molecule has 0 saturated heterocycles.